The number of hydrogen-bond acceptors (Lipinski definition) is 7. The van der Waals surface area contributed by atoms with Crippen LogP contribution in [0.4, 0.5) is 5.82 Å². The van der Waals surface area contributed by atoms with Gasteiger partial charge in [0.15, 0.2) is 6.61 Å². The highest BCUT2D eigenvalue weighted by Crippen LogP contribution is 2.27. The van der Waals surface area contributed by atoms with Crippen molar-refractivity contribution in [1.82, 2.24) is 14.1 Å². The molecule has 2 N–H and O–H groups in total. The Hall–Kier alpha value is -4.05. The molecule has 0 fully saturated rings. The van der Waals surface area contributed by atoms with Crippen LogP contribution in [0, 0.1) is 0 Å². The van der Waals surface area contributed by atoms with Gasteiger partial charge in [-0.25, -0.2) is 14.6 Å². The van der Waals surface area contributed by atoms with Crippen LogP contribution in [-0.2, 0) is 18.8 Å². The molecule has 0 spiro atoms. The van der Waals surface area contributed by atoms with Gasteiger partial charge in [0.25, 0.3) is 5.56 Å². The first-order valence-corrected chi connectivity index (χ1v) is 10.9. The Kier molecular flexibility index (Phi) is 6.16. The zero-order valence-corrected chi connectivity index (χ0v) is 19.8. The Morgan fingerprint density at radius 1 is 1.03 bits per heavy atom. The molecular formula is C24H19BrN4O5. The van der Waals surface area contributed by atoms with Crippen LogP contribution in [0.3, 0.4) is 0 Å². The molecule has 2 heterocycles. The predicted octanol–water partition coefficient (Wildman–Crippen LogP) is 2.68. The van der Waals surface area contributed by atoms with E-state index in [0.717, 1.165) is 19.2 Å². The number of esters is 1. The summed E-state index contributed by atoms with van der Waals surface area (Å²) in [5.41, 5.74) is 6.02. The standard InChI is InChI=1S/C24H19BrN4O5/c1-28-21(26)20(22(31)29(2)24(28)33)19(30)12-34-23(32)16-11-18(13-6-5-7-14(25)10-13)27-17-9-4-3-8-15(16)17/h3-11H,12,26H2,1-2H3. The number of halogens is 1. The number of nitrogen functional groups attached to an aromatic ring is 1. The maximum atomic E-state index is 13.0. The summed E-state index contributed by atoms with van der Waals surface area (Å²) in [6, 6.07) is 16.1. The van der Waals surface area contributed by atoms with Crippen LogP contribution < -0.4 is 17.0 Å². The molecule has 2 aromatic heterocycles. The van der Waals surface area contributed by atoms with Gasteiger partial charge >= 0.3 is 11.7 Å². The van der Waals surface area contributed by atoms with E-state index in [4.69, 9.17) is 10.5 Å². The van der Waals surface area contributed by atoms with Gasteiger partial charge in [-0.15, -0.1) is 0 Å². The summed E-state index contributed by atoms with van der Waals surface area (Å²) >= 11 is 3.43. The Labute approximate surface area is 201 Å². The first-order valence-electron chi connectivity index (χ1n) is 10.1. The number of aromatic nitrogens is 3. The van der Waals surface area contributed by atoms with Crippen LogP contribution >= 0.6 is 15.9 Å². The molecule has 0 unspecified atom stereocenters. The minimum absolute atomic E-state index is 0.217. The van der Waals surface area contributed by atoms with Gasteiger partial charge in [0.2, 0.25) is 5.78 Å². The van der Waals surface area contributed by atoms with E-state index in [9.17, 15) is 19.2 Å². The number of carbonyl (C=O) groups is 2. The zero-order chi connectivity index (χ0) is 24.6. The van der Waals surface area contributed by atoms with Gasteiger partial charge in [-0.1, -0.05) is 46.3 Å². The van der Waals surface area contributed by atoms with E-state index in [2.05, 4.69) is 20.9 Å². The molecule has 0 aliphatic rings. The average Bonchev–Trinajstić information content (AvgIpc) is 2.84. The SMILES string of the molecule is Cn1c(N)c(C(=O)COC(=O)c2cc(-c3cccc(Br)c3)nc3ccccc23)c(=O)n(C)c1=O. The van der Waals surface area contributed by atoms with Crippen LogP contribution in [0.1, 0.15) is 20.7 Å². The molecule has 10 heteroatoms. The van der Waals surface area contributed by atoms with Crippen molar-refractivity contribution >= 4 is 44.4 Å². The quantitative estimate of drug-likeness (QED) is 0.315. The summed E-state index contributed by atoms with van der Waals surface area (Å²) in [5, 5.41) is 0.552. The summed E-state index contributed by atoms with van der Waals surface area (Å²) in [7, 11) is 2.58. The number of ether oxygens (including phenoxy) is 1. The normalized spacial score (nSPS) is 10.9. The second-order valence-electron chi connectivity index (χ2n) is 7.55. The fourth-order valence-electron chi connectivity index (χ4n) is 3.54. The Balaban J connectivity index is 1.69. The molecule has 172 valence electrons. The lowest BCUT2D eigenvalue weighted by Gasteiger charge is -2.12. The third-order valence-electron chi connectivity index (χ3n) is 5.38. The van der Waals surface area contributed by atoms with Crippen LogP contribution in [-0.4, -0.2) is 32.5 Å². The second-order valence-corrected chi connectivity index (χ2v) is 8.46. The first kappa shape index (κ1) is 23.1. The molecule has 34 heavy (non-hydrogen) atoms. The number of rotatable bonds is 5. The summed E-state index contributed by atoms with van der Waals surface area (Å²) in [6.07, 6.45) is 0. The molecule has 0 aliphatic carbocycles. The highest BCUT2D eigenvalue weighted by Gasteiger charge is 2.23. The number of nitrogens with two attached hydrogens (primary N) is 1. The molecule has 0 saturated heterocycles. The van der Waals surface area contributed by atoms with Gasteiger partial charge in [-0.05, 0) is 24.3 Å². The molecule has 2 aromatic carbocycles. The maximum Gasteiger partial charge on any atom is 0.339 e. The Morgan fingerprint density at radius 2 is 1.76 bits per heavy atom. The van der Waals surface area contributed by atoms with E-state index in [1.54, 1.807) is 30.3 Å². The maximum absolute atomic E-state index is 13.0. The summed E-state index contributed by atoms with van der Waals surface area (Å²) in [6.45, 7) is -0.723. The predicted molar refractivity (Wildman–Crippen MR) is 131 cm³/mol. The van der Waals surface area contributed by atoms with Crippen molar-refractivity contribution in [3.05, 3.63) is 91.0 Å². The number of nitrogens with zero attached hydrogens (tertiary/aromatic N) is 3. The smallest absolute Gasteiger partial charge is 0.339 e. The van der Waals surface area contributed by atoms with Crippen LogP contribution in [0.2, 0.25) is 0 Å². The Morgan fingerprint density at radius 3 is 2.50 bits per heavy atom. The molecule has 4 rings (SSSR count). The van der Waals surface area contributed by atoms with Crippen LogP contribution in [0.5, 0.6) is 0 Å². The van der Waals surface area contributed by atoms with E-state index < -0.39 is 35.2 Å². The van der Waals surface area contributed by atoms with Crippen LogP contribution in [0.15, 0.2) is 68.7 Å². The number of pyridine rings is 1. The molecule has 0 aliphatic heterocycles. The lowest BCUT2D eigenvalue weighted by Crippen LogP contribution is -2.42. The molecule has 0 saturated carbocycles. The average molecular weight is 523 g/mol. The topological polar surface area (TPSA) is 126 Å². The van der Waals surface area contributed by atoms with Gasteiger partial charge in [-0.2, -0.15) is 0 Å². The third kappa shape index (κ3) is 4.15. The number of hydrogen-bond donors (Lipinski definition) is 1. The highest BCUT2D eigenvalue weighted by atomic mass is 79.9. The molecular weight excluding hydrogens is 504 g/mol. The molecule has 0 bridgehead atoms. The van der Waals surface area contributed by atoms with Crippen molar-refractivity contribution < 1.29 is 14.3 Å². The fraction of sp³-hybridized carbons (Fsp3) is 0.125. The summed E-state index contributed by atoms with van der Waals surface area (Å²) in [5.74, 6) is -1.86. The minimum Gasteiger partial charge on any atom is -0.454 e. The lowest BCUT2D eigenvalue weighted by atomic mass is 10.0. The number of Topliss-reactive ketones (excluding diaryl/α,β-unsaturated/α-hetero) is 1. The van der Waals surface area contributed by atoms with Crippen LogP contribution in [0.25, 0.3) is 22.2 Å². The Bertz CT molecular complexity index is 1590. The first-order chi connectivity index (χ1) is 16.2. The van der Waals surface area contributed by atoms with E-state index in [1.807, 2.05) is 24.3 Å². The fourth-order valence-corrected chi connectivity index (χ4v) is 3.94. The molecule has 0 atom stereocenters. The molecule has 0 radical (unpaired) electrons. The van der Waals surface area contributed by atoms with Crippen molar-refractivity contribution in [1.29, 1.82) is 0 Å². The van der Waals surface area contributed by atoms with Crippen molar-refractivity contribution in [2.75, 3.05) is 12.3 Å². The van der Waals surface area contributed by atoms with Crippen molar-refractivity contribution in [2.45, 2.75) is 0 Å². The zero-order valence-electron chi connectivity index (χ0n) is 18.2. The summed E-state index contributed by atoms with van der Waals surface area (Å²) in [4.78, 5) is 54.8. The monoisotopic (exact) mass is 522 g/mol. The van der Waals surface area contributed by atoms with Crippen molar-refractivity contribution in [3.63, 3.8) is 0 Å². The number of fused-ring (bicyclic) bond motifs is 1. The summed E-state index contributed by atoms with van der Waals surface area (Å²) < 4.78 is 7.88. The van der Waals surface area contributed by atoms with Gasteiger partial charge in [0, 0.05) is 29.5 Å². The van der Waals surface area contributed by atoms with E-state index in [1.165, 1.54) is 14.1 Å². The molecule has 9 nitrogen and oxygen atoms in total. The van der Waals surface area contributed by atoms with Crippen molar-refractivity contribution in [2.24, 2.45) is 14.1 Å². The van der Waals surface area contributed by atoms with Gasteiger partial charge in [0.05, 0.1) is 16.8 Å². The molecule has 4 aromatic rings. The highest BCUT2D eigenvalue weighted by molar-refractivity contribution is 9.10. The van der Waals surface area contributed by atoms with Crippen molar-refractivity contribution in [3.8, 4) is 11.3 Å². The van der Waals surface area contributed by atoms with Gasteiger partial charge in [-0.3, -0.25) is 18.7 Å². The molecule has 0 amide bonds. The van der Waals surface area contributed by atoms with Gasteiger partial charge in [0.1, 0.15) is 11.4 Å². The second kappa shape index (κ2) is 9.06. The lowest BCUT2D eigenvalue weighted by molar-refractivity contribution is 0.0476. The number of anilines is 1. The third-order valence-corrected chi connectivity index (χ3v) is 5.87. The largest absolute Gasteiger partial charge is 0.454 e. The number of carbonyl (C=O) groups excluding carboxylic acids is 2. The minimum atomic E-state index is -0.854. The van der Waals surface area contributed by atoms with E-state index in [-0.39, 0.29) is 11.4 Å². The number of para-hydroxylation sites is 1. The number of ketones is 1. The van der Waals surface area contributed by atoms with E-state index >= 15 is 0 Å². The van der Waals surface area contributed by atoms with E-state index in [0.29, 0.717) is 16.6 Å². The number of benzene rings is 2. The van der Waals surface area contributed by atoms with Gasteiger partial charge < -0.3 is 10.5 Å².